The molecule has 0 saturated carbocycles. The molecule has 0 saturated heterocycles. The van der Waals surface area contributed by atoms with Crippen molar-refractivity contribution in [1.82, 2.24) is 14.7 Å². The second kappa shape index (κ2) is 12.4. The number of rotatable bonds is 9. The highest BCUT2D eigenvalue weighted by molar-refractivity contribution is 7.19. The number of thiophene rings is 1. The van der Waals surface area contributed by atoms with E-state index >= 15 is 4.39 Å². The maximum atomic E-state index is 15.4. The standard InChI is InChI=1S/C36H32FN3O3S/c1-22-20-30(44-34(22)31-24(3)39-43-25(31)4)32-23(2)38-35(40(36(32)41)19-18-26-12-7-5-8-13-26)28-16-11-17-29(37)33(28)42-21-27-14-9-6-10-15-27/h5-17,20H,18-19,21H2,1-4H3. The number of aromatic nitrogens is 3. The van der Waals surface area contributed by atoms with Crippen LogP contribution in [0.15, 0.2) is 94.2 Å². The Morgan fingerprint density at radius 3 is 2.25 bits per heavy atom. The third-order valence-electron chi connectivity index (χ3n) is 7.68. The lowest BCUT2D eigenvalue weighted by atomic mass is 10.1. The minimum absolute atomic E-state index is 0.0662. The first kappa shape index (κ1) is 29.3. The van der Waals surface area contributed by atoms with Gasteiger partial charge >= 0.3 is 0 Å². The molecule has 0 aliphatic heterocycles. The molecule has 0 atom stereocenters. The van der Waals surface area contributed by atoms with E-state index in [9.17, 15) is 4.79 Å². The second-order valence-corrected chi connectivity index (χ2v) is 11.9. The average Bonchev–Trinajstić information content (AvgIpc) is 3.56. The van der Waals surface area contributed by atoms with Crippen molar-refractivity contribution < 1.29 is 13.7 Å². The summed E-state index contributed by atoms with van der Waals surface area (Å²) >= 11 is 1.53. The SMILES string of the molecule is Cc1cc(-c2c(C)nc(-c3cccc(F)c3OCc3ccccc3)n(CCc3ccccc3)c2=O)sc1-c1c(C)noc1C. The summed E-state index contributed by atoms with van der Waals surface area (Å²) in [5.74, 6) is 0.658. The molecular weight excluding hydrogens is 573 g/mol. The minimum atomic E-state index is -0.512. The lowest BCUT2D eigenvalue weighted by Gasteiger charge is -2.18. The zero-order valence-electron chi connectivity index (χ0n) is 25.1. The fourth-order valence-electron chi connectivity index (χ4n) is 5.47. The molecule has 0 spiro atoms. The molecule has 3 aromatic heterocycles. The van der Waals surface area contributed by atoms with Gasteiger partial charge in [-0.15, -0.1) is 11.3 Å². The third-order valence-corrected chi connectivity index (χ3v) is 8.95. The lowest BCUT2D eigenvalue weighted by Crippen LogP contribution is -2.27. The second-order valence-electron chi connectivity index (χ2n) is 10.8. The summed E-state index contributed by atoms with van der Waals surface area (Å²) in [5, 5.41) is 4.12. The van der Waals surface area contributed by atoms with Crippen LogP contribution in [0, 0.1) is 33.5 Å². The van der Waals surface area contributed by atoms with Gasteiger partial charge in [0.15, 0.2) is 11.6 Å². The van der Waals surface area contributed by atoms with Crippen LogP contribution in [0.2, 0.25) is 0 Å². The summed E-state index contributed by atoms with van der Waals surface area (Å²) in [5.41, 5.74) is 6.10. The summed E-state index contributed by atoms with van der Waals surface area (Å²) in [7, 11) is 0. The van der Waals surface area contributed by atoms with E-state index in [1.54, 1.807) is 16.7 Å². The van der Waals surface area contributed by atoms with Gasteiger partial charge in [0.05, 0.1) is 28.1 Å². The first-order valence-corrected chi connectivity index (χ1v) is 15.3. The van der Waals surface area contributed by atoms with Crippen LogP contribution in [-0.4, -0.2) is 14.7 Å². The lowest BCUT2D eigenvalue weighted by molar-refractivity contribution is 0.291. The molecule has 0 fully saturated rings. The molecule has 3 aromatic carbocycles. The molecule has 0 aliphatic carbocycles. The number of hydrogen-bond donors (Lipinski definition) is 0. The van der Waals surface area contributed by atoms with Crippen molar-refractivity contribution in [3.63, 3.8) is 0 Å². The Morgan fingerprint density at radius 2 is 1.57 bits per heavy atom. The Morgan fingerprint density at radius 1 is 0.864 bits per heavy atom. The van der Waals surface area contributed by atoms with Gasteiger partial charge in [0, 0.05) is 16.3 Å². The molecule has 222 valence electrons. The molecule has 0 aliphatic rings. The fourth-order valence-corrected chi connectivity index (χ4v) is 6.87. The van der Waals surface area contributed by atoms with Gasteiger partial charge in [-0.3, -0.25) is 9.36 Å². The Kier molecular flexibility index (Phi) is 8.26. The van der Waals surface area contributed by atoms with Crippen molar-refractivity contribution in [2.45, 2.75) is 47.3 Å². The van der Waals surface area contributed by atoms with Crippen molar-refractivity contribution >= 4 is 11.3 Å². The van der Waals surface area contributed by atoms with Crippen LogP contribution in [0.1, 0.15) is 33.8 Å². The van der Waals surface area contributed by atoms with E-state index in [0.29, 0.717) is 35.6 Å². The van der Waals surface area contributed by atoms with Crippen LogP contribution < -0.4 is 10.3 Å². The van der Waals surface area contributed by atoms with Gasteiger partial charge in [0.25, 0.3) is 5.56 Å². The normalized spacial score (nSPS) is 11.2. The predicted octanol–water partition coefficient (Wildman–Crippen LogP) is 8.49. The van der Waals surface area contributed by atoms with Crippen LogP contribution >= 0.6 is 11.3 Å². The van der Waals surface area contributed by atoms with Gasteiger partial charge in [0.2, 0.25) is 0 Å². The monoisotopic (exact) mass is 605 g/mol. The average molecular weight is 606 g/mol. The Hall–Kier alpha value is -4.82. The summed E-state index contributed by atoms with van der Waals surface area (Å²) in [6.45, 7) is 8.20. The highest BCUT2D eigenvalue weighted by atomic mass is 32.1. The smallest absolute Gasteiger partial charge is 0.262 e. The quantitative estimate of drug-likeness (QED) is 0.165. The minimum Gasteiger partial charge on any atom is -0.485 e. The van der Waals surface area contributed by atoms with E-state index in [1.807, 2.05) is 94.4 Å². The van der Waals surface area contributed by atoms with E-state index < -0.39 is 5.82 Å². The highest BCUT2D eigenvalue weighted by Crippen LogP contribution is 2.41. The largest absolute Gasteiger partial charge is 0.485 e. The van der Waals surface area contributed by atoms with Crippen molar-refractivity contribution in [2.24, 2.45) is 0 Å². The number of para-hydroxylation sites is 1. The molecule has 0 unspecified atom stereocenters. The number of benzene rings is 3. The van der Waals surface area contributed by atoms with Crippen molar-refractivity contribution in [3.05, 3.63) is 135 Å². The molecule has 6 nitrogen and oxygen atoms in total. The molecule has 0 N–H and O–H groups in total. The molecule has 6 rings (SSSR count). The van der Waals surface area contributed by atoms with Gasteiger partial charge in [-0.2, -0.15) is 0 Å². The number of aryl methyl sites for hydroxylation is 5. The van der Waals surface area contributed by atoms with Gasteiger partial charge in [0.1, 0.15) is 18.2 Å². The molecule has 3 heterocycles. The number of nitrogens with zero attached hydrogens (tertiary/aromatic N) is 3. The van der Waals surface area contributed by atoms with Crippen molar-refractivity contribution in [2.75, 3.05) is 0 Å². The topological polar surface area (TPSA) is 70.2 Å². The first-order valence-electron chi connectivity index (χ1n) is 14.5. The van der Waals surface area contributed by atoms with E-state index in [1.165, 1.54) is 17.4 Å². The van der Waals surface area contributed by atoms with Crippen LogP contribution in [-0.2, 0) is 19.6 Å². The van der Waals surface area contributed by atoms with Gasteiger partial charge in [-0.25, -0.2) is 9.37 Å². The Labute approximate surface area is 259 Å². The summed E-state index contributed by atoms with van der Waals surface area (Å²) in [4.78, 5) is 21.3. The maximum Gasteiger partial charge on any atom is 0.262 e. The van der Waals surface area contributed by atoms with Crippen LogP contribution in [0.4, 0.5) is 4.39 Å². The Bertz CT molecular complexity index is 1980. The molecule has 8 heteroatoms. The van der Waals surface area contributed by atoms with E-state index in [2.05, 4.69) is 5.16 Å². The highest BCUT2D eigenvalue weighted by Gasteiger charge is 2.24. The van der Waals surface area contributed by atoms with E-state index in [-0.39, 0.29) is 17.9 Å². The van der Waals surface area contributed by atoms with Crippen molar-refractivity contribution in [3.8, 4) is 38.0 Å². The first-order chi connectivity index (χ1) is 21.3. The van der Waals surface area contributed by atoms with Crippen molar-refractivity contribution in [1.29, 1.82) is 0 Å². The van der Waals surface area contributed by atoms with Crippen LogP contribution in [0.25, 0.3) is 32.3 Å². The number of halogens is 1. The zero-order chi connectivity index (χ0) is 30.8. The Balaban J connectivity index is 1.49. The third kappa shape index (κ3) is 5.73. The molecule has 6 aromatic rings. The molecule has 0 radical (unpaired) electrons. The summed E-state index contributed by atoms with van der Waals surface area (Å²) in [6.07, 6.45) is 0.598. The number of hydrogen-bond acceptors (Lipinski definition) is 6. The fraction of sp³-hybridized carbons (Fsp3) is 0.194. The summed E-state index contributed by atoms with van der Waals surface area (Å²) in [6, 6.07) is 26.3. The summed E-state index contributed by atoms with van der Waals surface area (Å²) < 4.78 is 28.5. The molecule has 0 amide bonds. The molecule has 44 heavy (non-hydrogen) atoms. The van der Waals surface area contributed by atoms with Crippen LogP contribution in [0.5, 0.6) is 5.75 Å². The predicted molar refractivity (Wildman–Crippen MR) is 173 cm³/mol. The maximum absolute atomic E-state index is 15.4. The zero-order valence-corrected chi connectivity index (χ0v) is 25.9. The van der Waals surface area contributed by atoms with E-state index in [4.69, 9.17) is 14.2 Å². The number of ether oxygens (including phenoxy) is 1. The van der Waals surface area contributed by atoms with Crippen LogP contribution in [0.3, 0.4) is 0 Å². The molecular formula is C36H32FN3O3S. The molecule has 0 bridgehead atoms. The van der Waals surface area contributed by atoms with Gasteiger partial charge in [-0.05, 0) is 69.0 Å². The van der Waals surface area contributed by atoms with Gasteiger partial charge < -0.3 is 9.26 Å². The van der Waals surface area contributed by atoms with E-state index in [0.717, 1.165) is 43.5 Å². The van der Waals surface area contributed by atoms with Gasteiger partial charge in [-0.1, -0.05) is 71.9 Å².